The Bertz CT molecular complexity index is 556. The van der Waals surface area contributed by atoms with E-state index in [0.717, 1.165) is 50.4 Å². The zero-order valence-corrected chi connectivity index (χ0v) is 22.9. The van der Waals surface area contributed by atoms with Gasteiger partial charge in [0.25, 0.3) is 0 Å². The SMILES string of the molecule is CC(C)CCCCCCCOC(=O)C1CC(C(=O)O)CC(C(=O)OCCCCCCCC(C)C)C1. The molecule has 0 aromatic carbocycles. The monoisotopic (exact) mass is 496 g/mol. The quantitative estimate of drug-likeness (QED) is 0.150. The Hall–Kier alpha value is -1.59. The summed E-state index contributed by atoms with van der Waals surface area (Å²) < 4.78 is 10.9. The van der Waals surface area contributed by atoms with Crippen LogP contribution in [0.15, 0.2) is 0 Å². The molecule has 6 nitrogen and oxygen atoms in total. The van der Waals surface area contributed by atoms with Crippen LogP contribution in [0.3, 0.4) is 0 Å². The van der Waals surface area contributed by atoms with Crippen LogP contribution in [0.4, 0.5) is 0 Å². The molecule has 1 fully saturated rings. The molecule has 1 N–H and O–H groups in total. The average molecular weight is 497 g/mol. The third-order valence-electron chi connectivity index (χ3n) is 7.06. The Balaban J connectivity index is 2.31. The van der Waals surface area contributed by atoms with Gasteiger partial charge in [-0.1, -0.05) is 91.9 Å². The molecule has 2 atom stereocenters. The molecule has 0 radical (unpaired) electrons. The van der Waals surface area contributed by atoms with E-state index in [4.69, 9.17) is 9.47 Å². The summed E-state index contributed by atoms with van der Waals surface area (Å²) >= 11 is 0. The van der Waals surface area contributed by atoms with Gasteiger partial charge in [0.2, 0.25) is 0 Å². The lowest BCUT2D eigenvalue weighted by Gasteiger charge is -2.30. The molecule has 204 valence electrons. The van der Waals surface area contributed by atoms with Crippen molar-refractivity contribution in [2.45, 2.75) is 124 Å². The van der Waals surface area contributed by atoms with E-state index in [1.165, 1.54) is 38.5 Å². The highest BCUT2D eigenvalue weighted by atomic mass is 16.5. The van der Waals surface area contributed by atoms with E-state index in [1.807, 2.05) is 0 Å². The molecule has 6 heteroatoms. The van der Waals surface area contributed by atoms with Crippen LogP contribution in [-0.2, 0) is 23.9 Å². The van der Waals surface area contributed by atoms with E-state index in [-0.39, 0.29) is 24.8 Å². The fraction of sp³-hybridized carbons (Fsp3) is 0.897. The molecule has 0 spiro atoms. The van der Waals surface area contributed by atoms with Gasteiger partial charge in [0.15, 0.2) is 0 Å². The van der Waals surface area contributed by atoms with E-state index < -0.39 is 23.7 Å². The van der Waals surface area contributed by atoms with Crippen molar-refractivity contribution in [3.8, 4) is 0 Å². The average Bonchev–Trinajstić information content (AvgIpc) is 2.81. The second kappa shape index (κ2) is 18.6. The maximum absolute atomic E-state index is 12.6. The molecule has 1 saturated carbocycles. The minimum absolute atomic E-state index is 0.240. The molecule has 1 aliphatic rings. The maximum Gasteiger partial charge on any atom is 0.308 e. The molecule has 0 bridgehead atoms. The second-order valence-corrected chi connectivity index (χ2v) is 11.4. The van der Waals surface area contributed by atoms with Gasteiger partial charge in [-0.05, 0) is 43.9 Å². The van der Waals surface area contributed by atoms with Gasteiger partial charge in [-0.15, -0.1) is 0 Å². The highest BCUT2D eigenvalue weighted by molar-refractivity contribution is 5.79. The van der Waals surface area contributed by atoms with Crippen molar-refractivity contribution in [1.82, 2.24) is 0 Å². The fourth-order valence-corrected chi connectivity index (χ4v) is 4.86. The number of hydrogen-bond donors (Lipinski definition) is 1. The Morgan fingerprint density at radius 1 is 0.600 bits per heavy atom. The molecule has 0 heterocycles. The third kappa shape index (κ3) is 15.2. The molecule has 0 aliphatic heterocycles. The van der Waals surface area contributed by atoms with Crippen LogP contribution in [0.25, 0.3) is 0 Å². The Kier molecular flexibility index (Phi) is 16.8. The van der Waals surface area contributed by atoms with Crippen LogP contribution >= 0.6 is 0 Å². The van der Waals surface area contributed by atoms with Gasteiger partial charge in [0.05, 0.1) is 31.0 Å². The summed E-state index contributed by atoms with van der Waals surface area (Å²) in [7, 11) is 0. The zero-order chi connectivity index (χ0) is 26.1. The Labute approximate surface area is 213 Å². The van der Waals surface area contributed by atoms with Gasteiger partial charge in [0, 0.05) is 0 Å². The lowest BCUT2D eigenvalue weighted by atomic mass is 9.75. The highest BCUT2D eigenvalue weighted by Gasteiger charge is 2.40. The van der Waals surface area contributed by atoms with E-state index >= 15 is 0 Å². The molecule has 1 rings (SSSR count). The fourth-order valence-electron chi connectivity index (χ4n) is 4.86. The van der Waals surface area contributed by atoms with Gasteiger partial charge in [0.1, 0.15) is 0 Å². The molecule has 0 aromatic rings. The lowest BCUT2D eigenvalue weighted by Crippen LogP contribution is -2.36. The van der Waals surface area contributed by atoms with Crippen LogP contribution in [-0.4, -0.2) is 36.2 Å². The Morgan fingerprint density at radius 3 is 1.31 bits per heavy atom. The topological polar surface area (TPSA) is 89.9 Å². The summed E-state index contributed by atoms with van der Waals surface area (Å²) in [5, 5.41) is 9.54. The summed E-state index contributed by atoms with van der Waals surface area (Å²) in [5.41, 5.74) is 0. The van der Waals surface area contributed by atoms with Crippen molar-refractivity contribution in [3.05, 3.63) is 0 Å². The standard InChI is InChI=1S/C29H52O6/c1-22(2)15-11-7-5-9-13-17-34-28(32)25-19-24(27(30)31)20-26(21-25)29(33)35-18-14-10-6-8-12-16-23(3)4/h22-26H,5-21H2,1-4H3,(H,30,31). The van der Waals surface area contributed by atoms with E-state index in [9.17, 15) is 19.5 Å². The van der Waals surface area contributed by atoms with Crippen molar-refractivity contribution in [3.63, 3.8) is 0 Å². The molecule has 0 saturated heterocycles. The van der Waals surface area contributed by atoms with Crippen LogP contribution in [0, 0.1) is 29.6 Å². The molecule has 35 heavy (non-hydrogen) atoms. The van der Waals surface area contributed by atoms with Gasteiger partial charge < -0.3 is 14.6 Å². The van der Waals surface area contributed by atoms with E-state index in [1.54, 1.807) is 0 Å². The lowest BCUT2D eigenvalue weighted by molar-refractivity contribution is -0.159. The molecule has 2 unspecified atom stereocenters. The normalized spacial score (nSPS) is 20.2. The summed E-state index contributed by atoms with van der Waals surface area (Å²) in [6.45, 7) is 9.68. The second-order valence-electron chi connectivity index (χ2n) is 11.4. The van der Waals surface area contributed by atoms with Crippen LogP contribution in [0.2, 0.25) is 0 Å². The number of carbonyl (C=O) groups is 3. The first-order valence-electron chi connectivity index (χ1n) is 14.3. The van der Waals surface area contributed by atoms with Crippen molar-refractivity contribution in [2.24, 2.45) is 29.6 Å². The van der Waals surface area contributed by atoms with Gasteiger partial charge >= 0.3 is 17.9 Å². The molecular formula is C29H52O6. The number of carboxylic acids is 1. The number of ether oxygens (including phenoxy) is 2. The third-order valence-corrected chi connectivity index (χ3v) is 7.06. The molecule has 0 aromatic heterocycles. The summed E-state index contributed by atoms with van der Waals surface area (Å²) in [6, 6.07) is 0. The number of carboxylic acid groups (broad SMARTS) is 1. The van der Waals surface area contributed by atoms with Crippen molar-refractivity contribution < 1.29 is 29.0 Å². The van der Waals surface area contributed by atoms with Gasteiger partial charge in [-0.25, -0.2) is 0 Å². The maximum atomic E-state index is 12.6. The van der Waals surface area contributed by atoms with Crippen LogP contribution < -0.4 is 0 Å². The smallest absolute Gasteiger partial charge is 0.308 e. The van der Waals surface area contributed by atoms with Crippen molar-refractivity contribution >= 4 is 17.9 Å². The highest BCUT2D eigenvalue weighted by Crippen LogP contribution is 2.35. The summed E-state index contributed by atoms with van der Waals surface area (Å²) in [4.78, 5) is 36.9. The largest absolute Gasteiger partial charge is 0.481 e. The first-order chi connectivity index (χ1) is 16.7. The first kappa shape index (κ1) is 31.4. The van der Waals surface area contributed by atoms with Crippen LogP contribution in [0.1, 0.15) is 124 Å². The number of carbonyl (C=O) groups excluding carboxylic acids is 2. The number of rotatable bonds is 19. The zero-order valence-electron chi connectivity index (χ0n) is 22.9. The van der Waals surface area contributed by atoms with Crippen LogP contribution in [0.5, 0.6) is 0 Å². The predicted octanol–water partition coefficient (Wildman–Crippen LogP) is 7.18. The van der Waals surface area contributed by atoms with Gasteiger partial charge in [-0.2, -0.15) is 0 Å². The van der Waals surface area contributed by atoms with Gasteiger partial charge in [-0.3, -0.25) is 14.4 Å². The number of hydrogen-bond acceptors (Lipinski definition) is 5. The minimum Gasteiger partial charge on any atom is -0.481 e. The summed E-state index contributed by atoms with van der Waals surface area (Å²) in [6.07, 6.45) is 14.2. The number of aliphatic carboxylic acids is 1. The molecular weight excluding hydrogens is 444 g/mol. The molecule has 0 amide bonds. The summed E-state index contributed by atoms with van der Waals surface area (Å²) in [5.74, 6) is -2.00. The first-order valence-corrected chi connectivity index (χ1v) is 14.3. The minimum atomic E-state index is -0.955. The predicted molar refractivity (Wildman–Crippen MR) is 139 cm³/mol. The number of esters is 2. The number of unbranched alkanes of at least 4 members (excludes halogenated alkanes) is 8. The van der Waals surface area contributed by atoms with Crippen molar-refractivity contribution in [2.75, 3.05) is 13.2 Å². The van der Waals surface area contributed by atoms with Crippen molar-refractivity contribution in [1.29, 1.82) is 0 Å². The van der Waals surface area contributed by atoms with E-state index in [0.29, 0.717) is 19.6 Å². The Morgan fingerprint density at radius 2 is 0.943 bits per heavy atom. The molecule has 1 aliphatic carbocycles. The van der Waals surface area contributed by atoms with E-state index in [2.05, 4.69) is 27.7 Å².